The topological polar surface area (TPSA) is 49.8 Å². The van der Waals surface area contributed by atoms with Crippen LogP contribution in [0.4, 0.5) is 0 Å². The number of nitrogens with zero attached hydrogens (tertiary/aromatic N) is 1. The summed E-state index contributed by atoms with van der Waals surface area (Å²) in [5.41, 5.74) is 0.988. The van der Waals surface area contributed by atoms with Gasteiger partial charge in [0.15, 0.2) is 0 Å². The van der Waals surface area contributed by atoms with Gasteiger partial charge in [-0.25, -0.2) is 0 Å². The Balaban J connectivity index is 1.92. The Morgan fingerprint density at radius 2 is 2.25 bits per heavy atom. The summed E-state index contributed by atoms with van der Waals surface area (Å²) in [5.74, 6) is 0.0826. The predicted molar refractivity (Wildman–Crippen MR) is 77.8 cm³/mol. The second-order valence-electron chi connectivity index (χ2n) is 5.12. The van der Waals surface area contributed by atoms with Crippen LogP contribution >= 0.6 is 11.6 Å². The van der Waals surface area contributed by atoms with Gasteiger partial charge in [-0.3, -0.25) is 4.79 Å². The molecular formula is C15H20ClNO3. The van der Waals surface area contributed by atoms with Gasteiger partial charge in [-0.15, -0.1) is 0 Å². The Bertz CT molecular complexity index is 466. The number of benzene rings is 1. The van der Waals surface area contributed by atoms with Crippen LogP contribution in [0.5, 0.6) is 0 Å². The maximum atomic E-state index is 12.3. The standard InChI is InChI=1S/C15H20ClNO3/c1-11-10-20-13(9-18)8-17(11)15(19)7-6-12-4-2-3-5-14(12)16/h2-5,11,13,18H,6-10H2,1H3. The highest BCUT2D eigenvalue weighted by Gasteiger charge is 2.28. The Hall–Kier alpha value is -1.10. The molecule has 0 saturated carbocycles. The van der Waals surface area contributed by atoms with Crippen molar-refractivity contribution in [3.05, 3.63) is 34.9 Å². The summed E-state index contributed by atoms with van der Waals surface area (Å²) in [6, 6.07) is 7.63. The van der Waals surface area contributed by atoms with Gasteiger partial charge in [-0.1, -0.05) is 29.8 Å². The molecule has 2 atom stereocenters. The van der Waals surface area contributed by atoms with Gasteiger partial charge in [-0.05, 0) is 25.0 Å². The number of amides is 1. The SMILES string of the molecule is CC1COC(CO)CN1C(=O)CCc1ccccc1Cl. The highest BCUT2D eigenvalue weighted by Crippen LogP contribution is 2.18. The van der Waals surface area contributed by atoms with Crippen LogP contribution in [-0.4, -0.2) is 47.8 Å². The smallest absolute Gasteiger partial charge is 0.223 e. The van der Waals surface area contributed by atoms with E-state index in [0.717, 1.165) is 5.56 Å². The highest BCUT2D eigenvalue weighted by molar-refractivity contribution is 6.31. The number of hydrogen-bond donors (Lipinski definition) is 1. The molecule has 1 aliphatic rings. The van der Waals surface area contributed by atoms with Crippen LogP contribution in [0.25, 0.3) is 0 Å². The van der Waals surface area contributed by atoms with Crippen molar-refractivity contribution in [1.29, 1.82) is 0 Å². The number of aliphatic hydroxyl groups excluding tert-OH is 1. The van der Waals surface area contributed by atoms with Crippen LogP contribution in [0.3, 0.4) is 0 Å². The van der Waals surface area contributed by atoms with E-state index in [1.807, 2.05) is 31.2 Å². The number of halogens is 1. The zero-order chi connectivity index (χ0) is 14.5. The second-order valence-corrected chi connectivity index (χ2v) is 5.53. The van der Waals surface area contributed by atoms with Crippen LogP contribution < -0.4 is 0 Å². The fourth-order valence-electron chi connectivity index (χ4n) is 2.36. The lowest BCUT2D eigenvalue weighted by Gasteiger charge is -2.37. The lowest BCUT2D eigenvalue weighted by atomic mass is 10.1. The van der Waals surface area contributed by atoms with Crippen LogP contribution in [0.15, 0.2) is 24.3 Å². The van der Waals surface area contributed by atoms with E-state index in [1.165, 1.54) is 0 Å². The van der Waals surface area contributed by atoms with Crippen LogP contribution in [-0.2, 0) is 16.0 Å². The maximum Gasteiger partial charge on any atom is 0.223 e. The fraction of sp³-hybridized carbons (Fsp3) is 0.533. The Kier molecular flexibility index (Phi) is 5.40. The molecule has 5 heteroatoms. The quantitative estimate of drug-likeness (QED) is 0.923. The van der Waals surface area contributed by atoms with Crippen molar-refractivity contribution in [2.75, 3.05) is 19.8 Å². The van der Waals surface area contributed by atoms with Gasteiger partial charge in [0.1, 0.15) is 0 Å². The van der Waals surface area contributed by atoms with Crippen LogP contribution in [0, 0.1) is 0 Å². The zero-order valence-electron chi connectivity index (χ0n) is 11.6. The highest BCUT2D eigenvalue weighted by atomic mass is 35.5. The van der Waals surface area contributed by atoms with E-state index in [2.05, 4.69) is 0 Å². The summed E-state index contributed by atoms with van der Waals surface area (Å²) >= 11 is 6.09. The molecule has 1 heterocycles. The first kappa shape index (κ1) is 15.3. The lowest BCUT2D eigenvalue weighted by Crippen LogP contribution is -2.52. The van der Waals surface area contributed by atoms with E-state index in [9.17, 15) is 4.79 Å². The Labute approximate surface area is 124 Å². The number of ether oxygens (including phenoxy) is 1. The van der Waals surface area contributed by atoms with Crippen molar-refractivity contribution in [2.45, 2.75) is 31.9 Å². The van der Waals surface area contributed by atoms with Crippen molar-refractivity contribution >= 4 is 17.5 Å². The van der Waals surface area contributed by atoms with Crippen LogP contribution in [0.2, 0.25) is 5.02 Å². The van der Waals surface area contributed by atoms with Gasteiger partial charge in [0.2, 0.25) is 5.91 Å². The van der Waals surface area contributed by atoms with Gasteiger partial charge in [0.25, 0.3) is 0 Å². The first-order valence-electron chi connectivity index (χ1n) is 6.87. The molecular weight excluding hydrogens is 278 g/mol. The van der Waals surface area contributed by atoms with E-state index < -0.39 is 0 Å². The molecule has 1 saturated heterocycles. The van der Waals surface area contributed by atoms with E-state index >= 15 is 0 Å². The molecule has 1 fully saturated rings. The molecule has 0 bridgehead atoms. The number of carbonyl (C=O) groups excluding carboxylic acids is 1. The van der Waals surface area contributed by atoms with Gasteiger partial charge >= 0.3 is 0 Å². The Morgan fingerprint density at radius 1 is 1.50 bits per heavy atom. The minimum absolute atomic E-state index is 0.0524. The average molecular weight is 298 g/mol. The molecule has 4 nitrogen and oxygen atoms in total. The molecule has 1 amide bonds. The molecule has 0 aromatic heterocycles. The minimum atomic E-state index is -0.268. The van der Waals surface area contributed by atoms with Gasteiger partial charge in [-0.2, -0.15) is 0 Å². The van der Waals surface area contributed by atoms with Gasteiger partial charge in [0, 0.05) is 18.0 Å². The van der Waals surface area contributed by atoms with Crippen LogP contribution in [0.1, 0.15) is 18.9 Å². The second kappa shape index (κ2) is 7.07. The normalized spacial score (nSPS) is 22.9. The summed E-state index contributed by atoms with van der Waals surface area (Å²) < 4.78 is 5.44. The molecule has 110 valence electrons. The molecule has 1 aromatic rings. The summed E-state index contributed by atoms with van der Waals surface area (Å²) in [4.78, 5) is 14.1. The molecule has 1 N–H and O–H groups in total. The summed E-state index contributed by atoms with van der Waals surface area (Å²) in [6.45, 7) is 2.84. The van der Waals surface area contributed by atoms with E-state index in [-0.39, 0.29) is 24.7 Å². The minimum Gasteiger partial charge on any atom is -0.394 e. The number of morpholine rings is 1. The molecule has 0 spiro atoms. The molecule has 0 radical (unpaired) electrons. The summed E-state index contributed by atoms with van der Waals surface area (Å²) in [5, 5.41) is 9.84. The summed E-state index contributed by atoms with van der Waals surface area (Å²) in [7, 11) is 0. The monoisotopic (exact) mass is 297 g/mol. The summed E-state index contributed by atoms with van der Waals surface area (Å²) in [6.07, 6.45) is 0.786. The third-order valence-electron chi connectivity index (χ3n) is 3.60. The number of hydrogen-bond acceptors (Lipinski definition) is 3. The third kappa shape index (κ3) is 3.72. The first-order valence-corrected chi connectivity index (χ1v) is 7.25. The van der Waals surface area contributed by atoms with Crippen molar-refractivity contribution in [3.8, 4) is 0 Å². The van der Waals surface area contributed by atoms with E-state index in [0.29, 0.717) is 31.0 Å². The largest absolute Gasteiger partial charge is 0.394 e. The molecule has 1 aromatic carbocycles. The predicted octanol–water partition coefficient (Wildman–Crippen LogP) is 1.88. The van der Waals surface area contributed by atoms with Crippen molar-refractivity contribution in [3.63, 3.8) is 0 Å². The zero-order valence-corrected chi connectivity index (χ0v) is 12.3. The molecule has 1 aliphatic heterocycles. The average Bonchev–Trinajstić information content (AvgIpc) is 2.46. The molecule has 20 heavy (non-hydrogen) atoms. The van der Waals surface area contributed by atoms with E-state index in [4.69, 9.17) is 21.4 Å². The first-order chi connectivity index (χ1) is 9.61. The van der Waals surface area contributed by atoms with Crippen molar-refractivity contribution in [2.24, 2.45) is 0 Å². The van der Waals surface area contributed by atoms with Gasteiger partial charge in [0.05, 0.1) is 25.4 Å². The van der Waals surface area contributed by atoms with E-state index in [1.54, 1.807) is 4.90 Å². The maximum absolute atomic E-state index is 12.3. The van der Waals surface area contributed by atoms with Gasteiger partial charge < -0.3 is 14.7 Å². The number of aliphatic hydroxyl groups is 1. The van der Waals surface area contributed by atoms with Crippen molar-refractivity contribution in [1.82, 2.24) is 4.90 Å². The molecule has 2 unspecified atom stereocenters. The number of aryl methyl sites for hydroxylation is 1. The molecule has 0 aliphatic carbocycles. The lowest BCUT2D eigenvalue weighted by molar-refractivity contribution is -0.146. The number of rotatable bonds is 4. The number of carbonyl (C=O) groups is 1. The molecule has 2 rings (SSSR count). The fourth-order valence-corrected chi connectivity index (χ4v) is 2.59. The van der Waals surface area contributed by atoms with Crippen molar-refractivity contribution < 1.29 is 14.6 Å². The Morgan fingerprint density at radius 3 is 2.95 bits per heavy atom. The third-order valence-corrected chi connectivity index (χ3v) is 3.96.